The van der Waals surface area contributed by atoms with E-state index >= 15 is 0 Å². The van der Waals surface area contributed by atoms with E-state index < -0.39 is 21.1 Å². The first kappa shape index (κ1) is 9.96. The Bertz CT molecular complexity index is 273. The summed E-state index contributed by atoms with van der Waals surface area (Å²) in [5, 5.41) is 0. The molecule has 0 bridgehead atoms. The predicted molar refractivity (Wildman–Crippen MR) is 49.4 cm³/mol. The van der Waals surface area contributed by atoms with Crippen LogP contribution in [0, 0.1) is 12.7 Å². The van der Waals surface area contributed by atoms with Gasteiger partial charge in [0.05, 0.1) is 0 Å². The molecule has 0 unspecified atom stereocenters. The second-order valence-electron chi connectivity index (χ2n) is 3.06. The van der Waals surface area contributed by atoms with Crippen LogP contribution >= 0.6 is 0 Å². The van der Waals surface area contributed by atoms with Crippen molar-refractivity contribution in [1.82, 2.24) is 4.98 Å². The van der Waals surface area contributed by atoms with Crippen molar-refractivity contribution >= 4 is 24.7 Å². The fourth-order valence-corrected chi connectivity index (χ4v) is 4.11. The molecule has 3 heteroatoms. The summed E-state index contributed by atoms with van der Waals surface area (Å²) >= 11 is -0.717. The van der Waals surface area contributed by atoms with Crippen molar-refractivity contribution in [1.29, 1.82) is 0 Å². The number of hydrogen-bond acceptors (Lipinski definition) is 1. The minimum atomic E-state index is -0.717. The summed E-state index contributed by atoms with van der Waals surface area (Å²) in [7, 11) is 0. The molecule has 1 nitrogen and oxygen atoms in total. The molecule has 1 rings (SSSR count). The van der Waals surface area contributed by atoms with E-state index in [4.69, 9.17) is 0 Å². The maximum absolute atomic E-state index is 13.3. The number of pyridine rings is 1. The van der Waals surface area contributed by atoms with E-state index in [1.807, 2.05) is 6.07 Å². The van der Waals surface area contributed by atoms with E-state index in [-0.39, 0.29) is 5.82 Å². The van der Waals surface area contributed by atoms with Crippen LogP contribution in [-0.2, 0) is 0 Å². The Kier molecular flexibility index (Phi) is 3.50. The van der Waals surface area contributed by atoms with Crippen LogP contribution in [0.2, 0.25) is 3.93 Å². The summed E-state index contributed by atoms with van der Waals surface area (Å²) in [6.07, 6.45) is 1.71. The van der Waals surface area contributed by atoms with E-state index in [9.17, 15) is 4.39 Å². The number of aryl methyl sites for hydroxylation is 1. The molecule has 0 amide bonds. The Labute approximate surface area is 82.6 Å². The normalized spacial score (nSPS) is 10.8. The van der Waals surface area contributed by atoms with Crippen LogP contribution in [-0.4, -0.2) is 26.1 Å². The number of nitrogens with zero attached hydrogens (tertiary/aromatic N) is 1. The van der Waals surface area contributed by atoms with Gasteiger partial charge in [0.15, 0.2) is 0 Å². The standard InChI is InChI=1S/C6H5FN.C3H7.Sn/c1-5-6(7)3-2-4-8-5;1-3-2;/h2,4H,1H3;3H,1-2H3;. The van der Waals surface area contributed by atoms with Gasteiger partial charge in [-0.2, -0.15) is 0 Å². The monoisotopic (exact) mass is 273 g/mol. The molecule has 2 radical (unpaired) electrons. The molecule has 0 saturated carbocycles. The summed E-state index contributed by atoms with van der Waals surface area (Å²) in [6, 6.07) is 1.83. The first-order valence-electron chi connectivity index (χ1n) is 3.99. The zero-order chi connectivity index (χ0) is 9.14. The average Bonchev–Trinajstić information content (AvgIpc) is 1.98. The number of halogens is 1. The van der Waals surface area contributed by atoms with Gasteiger partial charge in [0, 0.05) is 0 Å². The summed E-state index contributed by atoms with van der Waals surface area (Å²) in [4.78, 5) is 3.90. The second-order valence-corrected chi connectivity index (χ2v) is 8.71. The zero-order valence-electron chi connectivity index (χ0n) is 7.56. The number of rotatable bonds is 2. The quantitative estimate of drug-likeness (QED) is 0.746. The molecule has 0 saturated heterocycles. The van der Waals surface area contributed by atoms with E-state index in [1.54, 1.807) is 13.1 Å². The van der Waals surface area contributed by atoms with Gasteiger partial charge in [-0.3, -0.25) is 0 Å². The number of aromatic nitrogens is 1. The third-order valence-corrected chi connectivity index (χ3v) is 5.15. The van der Waals surface area contributed by atoms with Crippen molar-refractivity contribution in [3.05, 3.63) is 23.8 Å². The van der Waals surface area contributed by atoms with Crippen LogP contribution in [0.25, 0.3) is 0 Å². The Hall–Kier alpha value is -0.121. The Morgan fingerprint density at radius 1 is 1.50 bits per heavy atom. The van der Waals surface area contributed by atoms with Gasteiger partial charge in [0.1, 0.15) is 0 Å². The van der Waals surface area contributed by atoms with Gasteiger partial charge in [-0.1, -0.05) is 0 Å². The van der Waals surface area contributed by atoms with Gasteiger partial charge in [-0.15, -0.1) is 0 Å². The van der Waals surface area contributed by atoms with E-state index in [0.29, 0.717) is 9.63 Å². The van der Waals surface area contributed by atoms with E-state index in [1.165, 1.54) is 0 Å². The summed E-state index contributed by atoms with van der Waals surface area (Å²) in [6.45, 7) is 6.03. The first-order valence-corrected chi connectivity index (χ1v) is 7.06. The first-order chi connectivity index (χ1) is 5.61. The summed E-state index contributed by atoms with van der Waals surface area (Å²) < 4.78 is 14.9. The molecule has 64 valence electrons. The molecule has 0 fully saturated rings. The summed E-state index contributed by atoms with van der Waals surface area (Å²) in [5.74, 6) is -0.0715. The van der Waals surface area contributed by atoms with Crippen molar-refractivity contribution in [3.63, 3.8) is 0 Å². The molecule has 0 aromatic carbocycles. The average molecular weight is 272 g/mol. The molecular formula is C9H12FNSn. The van der Waals surface area contributed by atoms with Crippen molar-refractivity contribution in [3.8, 4) is 0 Å². The van der Waals surface area contributed by atoms with Gasteiger partial charge >= 0.3 is 82.6 Å². The SMILES string of the molecule is Cc1ncc[c]([Sn][CH](C)C)c1F. The molecule has 0 aliphatic rings. The predicted octanol–water partition coefficient (Wildman–Crippen LogP) is 1.69. The fourth-order valence-electron chi connectivity index (χ4n) is 0.971. The molecule has 0 spiro atoms. The van der Waals surface area contributed by atoms with Crippen LogP contribution in [0.3, 0.4) is 0 Å². The molecule has 0 aliphatic heterocycles. The van der Waals surface area contributed by atoms with Crippen LogP contribution in [0.4, 0.5) is 4.39 Å². The maximum atomic E-state index is 13.3. The van der Waals surface area contributed by atoms with Crippen molar-refractivity contribution in [2.45, 2.75) is 24.7 Å². The Balaban J connectivity index is 2.92. The molecule has 1 aromatic heterocycles. The Morgan fingerprint density at radius 2 is 2.17 bits per heavy atom. The van der Waals surface area contributed by atoms with Crippen LogP contribution in [0.1, 0.15) is 19.5 Å². The number of hydrogen-bond donors (Lipinski definition) is 0. The molecule has 1 aromatic rings. The van der Waals surface area contributed by atoms with Crippen molar-refractivity contribution in [2.75, 3.05) is 0 Å². The van der Waals surface area contributed by atoms with Gasteiger partial charge < -0.3 is 0 Å². The molecule has 0 atom stereocenters. The van der Waals surface area contributed by atoms with Gasteiger partial charge in [0.25, 0.3) is 0 Å². The molecular weight excluding hydrogens is 260 g/mol. The zero-order valence-corrected chi connectivity index (χ0v) is 10.4. The van der Waals surface area contributed by atoms with E-state index in [2.05, 4.69) is 18.8 Å². The summed E-state index contributed by atoms with van der Waals surface area (Å²) in [5.41, 5.74) is 0.536. The molecule has 12 heavy (non-hydrogen) atoms. The molecule has 0 aliphatic carbocycles. The van der Waals surface area contributed by atoms with Gasteiger partial charge in [0.2, 0.25) is 0 Å². The van der Waals surface area contributed by atoms with Crippen molar-refractivity contribution < 1.29 is 4.39 Å². The third kappa shape index (κ3) is 2.44. The second kappa shape index (κ2) is 4.21. The van der Waals surface area contributed by atoms with Crippen LogP contribution in [0.15, 0.2) is 12.3 Å². The fraction of sp³-hybridized carbons (Fsp3) is 0.444. The third-order valence-electron chi connectivity index (χ3n) is 1.51. The molecule has 1 heterocycles. The minimum absolute atomic E-state index is 0.0715. The van der Waals surface area contributed by atoms with Gasteiger partial charge in [-0.25, -0.2) is 0 Å². The Morgan fingerprint density at radius 3 is 2.75 bits per heavy atom. The van der Waals surface area contributed by atoms with E-state index in [0.717, 1.165) is 3.58 Å². The van der Waals surface area contributed by atoms with Crippen LogP contribution < -0.4 is 3.58 Å². The van der Waals surface area contributed by atoms with Gasteiger partial charge in [-0.05, 0) is 0 Å². The van der Waals surface area contributed by atoms with Crippen LogP contribution in [0.5, 0.6) is 0 Å². The van der Waals surface area contributed by atoms with Crippen molar-refractivity contribution in [2.24, 2.45) is 0 Å². The molecule has 0 N–H and O–H groups in total. The topological polar surface area (TPSA) is 12.9 Å².